The first-order valence-corrected chi connectivity index (χ1v) is 11.8. The minimum atomic E-state index is -0.154. The quantitative estimate of drug-likeness (QED) is 0.331. The average Bonchev–Trinajstić information content (AvgIpc) is 3.58. The monoisotopic (exact) mass is 493 g/mol. The highest BCUT2D eigenvalue weighted by Crippen LogP contribution is 2.28. The number of nitrogens with zero attached hydrogens (tertiary/aromatic N) is 5. The summed E-state index contributed by atoms with van der Waals surface area (Å²) in [6, 6.07) is 11.6. The SMILES string of the molecule is COCc1c(C(=O)N(C)CCc2ccc(OC)c(OC)c2)cnn1-c1nccc(-c2cccs2)n1. The van der Waals surface area contributed by atoms with E-state index in [4.69, 9.17) is 14.2 Å². The summed E-state index contributed by atoms with van der Waals surface area (Å²) in [6.07, 6.45) is 3.89. The molecule has 9 nitrogen and oxygen atoms in total. The third kappa shape index (κ3) is 5.33. The van der Waals surface area contributed by atoms with E-state index >= 15 is 0 Å². The molecule has 0 N–H and O–H groups in total. The molecule has 0 unspecified atom stereocenters. The van der Waals surface area contributed by atoms with Crippen LogP contribution in [0, 0.1) is 0 Å². The summed E-state index contributed by atoms with van der Waals surface area (Å²) in [4.78, 5) is 25.0. The summed E-state index contributed by atoms with van der Waals surface area (Å²) in [5.41, 5.74) is 2.88. The molecule has 0 aliphatic rings. The van der Waals surface area contributed by atoms with Crippen molar-refractivity contribution in [1.29, 1.82) is 0 Å². The van der Waals surface area contributed by atoms with Crippen LogP contribution < -0.4 is 9.47 Å². The molecule has 0 spiro atoms. The number of carbonyl (C=O) groups excluding carboxylic acids is 1. The largest absolute Gasteiger partial charge is 0.493 e. The van der Waals surface area contributed by atoms with Gasteiger partial charge in [-0.2, -0.15) is 9.78 Å². The zero-order chi connectivity index (χ0) is 24.8. The first-order chi connectivity index (χ1) is 17.0. The van der Waals surface area contributed by atoms with Crippen molar-refractivity contribution in [2.24, 2.45) is 0 Å². The van der Waals surface area contributed by atoms with Gasteiger partial charge in [0.15, 0.2) is 11.5 Å². The van der Waals surface area contributed by atoms with Crippen LogP contribution in [-0.2, 0) is 17.8 Å². The van der Waals surface area contributed by atoms with Gasteiger partial charge in [-0.3, -0.25) is 4.79 Å². The van der Waals surface area contributed by atoms with E-state index in [0.717, 1.165) is 16.1 Å². The predicted octanol–water partition coefficient (Wildman–Crippen LogP) is 3.87. The van der Waals surface area contributed by atoms with Crippen LogP contribution in [0.3, 0.4) is 0 Å². The third-order valence-electron chi connectivity index (χ3n) is 5.52. The molecule has 3 aromatic heterocycles. The van der Waals surface area contributed by atoms with Gasteiger partial charge in [-0.15, -0.1) is 11.3 Å². The maximum Gasteiger partial charge on any atom is 0.257 e. The molecule has 1 aromatic carbocycles. The van der Waals surface area contributed by atoms with E-state index in [1.807, 2.05) is 41.8 Å². The zero-order valence-corrected chi connectivity index (χ0v) is 20.9. The Hall–Kier alpha value is -3.76. The topological polar surface area (TPSA) is 91.6 Å². The Morgan fingerprint density at radius 2 is 1.94 bits per heavy atom. The second-order valence-corrected chi connectivity index (χ2v) is 8.68. The molecule has 0 fully saturated rings. The van der Waals surface area contributed by atoms with Crippen molar-refractivity contribution < 1.29 is 19.0 Å². The summed E-state index contributed by atoms with van der Waals surface area (Å²) in [5, 5.41) is 6.42. The van der Waals surface area contributed by atoms with Gasteiger partial charge in [-0.05, 0) is 41.6 Å². The predicted molar refractivity (Wildman–Crippen MR) is 133 cm³/mol. The Morgan fingerprint density at radius 1 is 1.11 bits per heavy atom. The smallest absolute Gasteiger partial charge is 0.257 e. The molecule has 4 aromatic rings. The first kappa shape index (κ1) is 24.4. The number of hydrogen-bond acceptors (Lipinski definition) is 8. The molecule has 0 saturated carbocycles. The van der Waals surface area contributed by atoms with Gasteiger partial charge in [-0.25, -0.2) is 9.97 Å². The minimum Gasteiger partial charge on any atom is -0.493 e. The van der Waals surface area contributed by atoms with E-state index in [0.29, 0.717) is 41.7 Å². The van der Waals surface area contributed by atoms with Crippen molar-refractivity contribution >= 4 is 17.2 Å². The Labute approximate surface area is 207 Å². The van der Waals surface area contributed by atoms with E-state index < -0.39 is 0 Å². The van der Waals surface area contributed by atoms with Crippen molar-refractivity contribution in [3.63, 3.8) is 0 Å². The fourth-order valence-corrected chi connectivity index (χ4v) is 4.35. The number of rotatable bonds is 10. The average molecular weight is 494 g/mol. The normalized spacial score (nSPS) is 10.9. The summed E-state index contributed by atoms with van der Waals surface area (Å²) in [6.45, 7) is 0.702. The van der Waals surface area contributed by atoms with Gasteiger partial charge in [-0.1, -0.05) is 12.1 Å². The van der Waals surface area contributed by atoms with Crippen LogP contribution in [0.25, 0.3) is 16.5 Å². The lowest BCUT2D eigenvalue weighted by Crippen LogP contribution is -2.29. The van der Waals surface area contributed by atoms with E-state index in [1.54, 1.807) is 61.7 Å². The van der Waals surface area contributed by atoms with Crippen LogP contribution >= 0.6 is 11.3 Å². The lowest BCUT2D eigenvalue weighted by Gasteiger charge is -2.18. The fourth-order valence-electron chi connectivity index (χ4n) is 3.65. The van der Waals surface area contributed by atoms with Crippen LogP contribution in [0.2, 0.25) is 0 Å². The number of aromatic nitrogens is 4. The summed E-state index contributed by atoms with van der Waals surface area (Å²) >= 11 is 1.60. The minimum absolute atomic E-state index is 0.154. The van der Waals surface area contributed by atoms with E-state index in [1.165, 1.54) is 0 Å². The molecule has 0 radical (unpaired) electrons. The summed E-state index contributed by atoms with van der Waals surface area (Å²) < 4.78 is 17.6. The Morgan fingerprint density at radius 3 is 2.66 bits per heavy atom. The molecule has 1 amide bonds. The second kappa shape index (κ2) is 11.1. The number of benzene rings is 1. The highest BCUT2D eigenvalue weighted by molar-refractivity contribution is 7.13. The fraction of sp³-hybridized carbons (Fsp3) is 0.280. The molecule has 3 heterocycles. The number of methoxy groups -OCH3 is 3. The first-order valence-electron chi connectivity index (χ1n) is 10.9. The van der Waals surface area contributed by atoms with Crippen LogP contribution in [0.1, 0.15) is 21.6 Å². The van der Waals surface area contributed by atoms with Gasteiger partial charge in [0.1, 0.15) is 0 Å². The zero-order valence-electron chi connectivity index (χ0n) is 20.1. The van der Waals surface area contributed by atoms with Crippen molar-refractivity contribution in [3.05, 3.63) is 71.0 Å². The highest BCUT2D eigenvalue weighted by atomic mass is 32.1. The van der Waals surface area contributed by atoms with E-state index in [9.17, 15) is 4.79 Å². The molecule has 4 rings (SSSR count). The Bertz CT molecular complexity index is 1290. The van der Waals surface area contributed by atoms with Gasteiger partial charge >= 0.3 is 0 Å². The molecule has 35 heavy (non-hydrogen) atoms. The van der Waals surface area contributed by atoms with Gasteiger partial charge in [0.25, 0.3) is 11.9 Å². The lowest BCUT2D eigenvalue weighted by atomic mass is 10.1. The number of amides is 1. The number of carbonyl (C=O) groups is 1. The number of thiophene rings is 1. The van der Waals surface area contributed by atoms with E-state index in [-0.39, 0.29) is 12.5 Å². The van der Waals surface area contributed by atoms with Crippen LogP contribution in [0.5, 0.6) is 11.5 Å². The third-order valence-corrected chi connectivity index (χ3v) is 6.41. The lowest BCUT2D eigenvalue weighted by molar-refractivity contribution is 0.0791. The number of hydrogen-bond donors (Lipinski definition) is 0. The molecule has 182 valence electrons. The summed E-state index contributed by atoms with van der Waals surface area (Å²) in [7, 11) is 6.55. The van der Waals surface area contributed by atoms with Crippen molar-refractivity contribution in [1.82, 2.24) is 24.6 Å². The van der Waals surface area contributed by atoms with Gasteiger partial charge < -0.3 is 19.1 Å². The summed E-state index contributed by atoms with van der Waals surface area (Å²) in [5.74, 6) is 1.56. The second-order valence-electron chi connectivity index (χ2n) is 7.73. The molecule has 0 saturated heterocycles. The molecule has 0 bridgehead atoms. The molecule has 0 aliphatic heterocycles. The van der Waals surface area contributed by atoms with Crippen LogP contribution in [0.4, 0.5) is 0 Å². The number of ether oxygens (including phenoxy) is 3. The van der Waals surface area contributed by atoms with Crippen LogP contribution in [0.15, 0.2) is 54.2 Å². The van der Waals surface area contributed by atoms with Crippen molar-refractivity contribution in [2.45, 2.75) is 13.0 Å². The van der Waals surface area contributed by atoms with Gasteiger partial charge in [0.2, 0.25) is 0 Å². The molecule has 0 atom stereocenters. The Balaban J connectivity index is 1.54. The maximum atomic E-state index is 13.3. The Kier molecular flexibility index (Phi) is 7.74. The highest BCUT2D eigenvalue weighted by Gasteiger charge is 2.22. The molecule has 10 heteroatoms. The van der Waals surface area contributed by atoms with Gasteiger partial charge in [0, 0.05) is 26.9 Å². The molecular formula is C25H27N5O4S. The molecular weight excluding hydrogens is 466 g/mol. The standard InChI is InChI=1S/C25H27N5O4S/c1-29(12-10-17-7-8-21(33-3)22(14-17)34-4)24(31)18-15-27-30(20(18)16-32-2)25-26-11-9-19(28-25)23-6-5-13-35-23/h5-9,11,13-15H,10,12,16H2,1-4H3. The van der Waals surface area contributed by atoms with Gasteiger partial charge in [0.05, 0.1) is 48.9 Å². The molecule has 0 aliphatic carbocycles. The van der Waals surface area contributed by atoms with E-state index in [2.05, 4.69) is 15.1 Å². The van der Waals surface area contributed by atoms with Crippen LogP contribution in [-0.4, -0.2) is 65.5 Å². The number of likely N-dealkylation sites (N-methyl/N-ethyl adjacent to an activating group) is 1. The van der Waals surface area contributed by atoms with Crippen molar-refractivity contribution in [2.75, 3.05) is 34.9 Å². The maximum absolute atomic E-state index is 13.3. The van der Waals surface area contributed by atoms with Crippen molar-refractivity contribution in [3.8, 4) is 28.0 Å².